The van der Waals surface area contributed by atoms with Crippen molar-refractivity contribution in [2.45, 2.75) is 0 Å². The van der Waals surface area contributed by atoms with Gasteiger partial charge in [-0.05, 0) is 12.1 Å². The Hall–Kier alpha value is -2.11. The van der Waals surface area contributed by atoms with Crippen molar-refractivity contribution in [1.29, 1.82) is 0 Å². The van der Waals surface area contributed by atoms with Crippen molar-refractivity contribution in [2.24, 2.45) is 0 Å². The predicted molar refractivity (Wildman–Crippen MR) is 46.9 cm³/mol. The van der Waals surface area contributed by atoms with Crippen LogP contribution in [0, 0.1) is 0 Å². The highest BCUT2D eigenvalue weighted by molar-refractivity contribution is 5.76. The molecule has 6 nitrogen and oxygen atoms in total. The molecule has 0 unspecified atom stereocenters. The van der Waals surface area contributed by atoms with Crippen molar-refractivity contribution < 1.29 is 14.3 Å². The molecule has 72 valence electrons. The first kappa shape index (κ1) is 8.49. The van der Waals surface area contributed by atoms with E-state index in [-0.39, 0.29) is 0 Å². The van der Waals surface area contributed by atoms with Crippen molar-refractivity contribution in [1.82, 2.24) is 15.4 Å². The lowest BCUT2D eigenvalue weighted by Gasteiger charge is -2.00. The van der Waals surface area contributed by atoms with E-state index < -0.39 is 6.16 Å². The molecule has 1 aromatic carbocycles. The van der Waals surface area contributed by atoms with Crippen molar-refractivity contribution in [3.8, 4) is 5.75 Å². The fourth-order valence-electron chi connectivity index (χ4n) is 1.02. The quantitative estimate of drug-likeness (QED) is 0.542. The minimum Gasteiger partial charge on any atom is -0.437 e. The summed E-state index contributed by atoms with van der Waals surface area (Å²) in [5.41, 5.74) is 1.34. The van der Waals surface area contributed by atoms with E-state index in [1.165, 1.54) is 7.11 Å². The zero-order chi connectivity index (χ0) is 9.97. The van der Waals surface area contributed by atoms with E-state index in [4.69, 9.17) is 4.74 Å². The molecule has 0 fully saturated rings. The third-order valence-electron chi connectivity index (χ3n) is 1.66. The number of nitrogens with one attached hydrogen (secondary N) is 1. The highest BCUT2D eigenvalue weighted by atomic mass is 16.7. The van der Waals surface area contributed by atoms with Crippen LogP contribution in [0.5, 0.6) is 5.75 Å². The normalized spacial score (nSPS) is 10.1. The van der Waals surface area contributed by atoms with Crippen LogP contribution in [0.2, 0.25) is 0 Å². The number of carbonyl (C=O) groups excluding carboxylic acids is 1. The van der Waals surface area contributed by atoms with Crippen LogP contribution in [-0.4, -0.2) is 28.7 Å². The molecule has 0 radical (unpaired) electrons. The van der Waals surface area contributed by atoms with Gasteiger partial charge in [0, 0.05) is 6.07 Å². The summed E-state index contributed by atoms with van der Waals surface area (Å²) in [5, 5.41) is 10.2. The lowest BCUT2D eigenvalue weighted by Crippen LogP contribution is -2.06. The fraction of sp³-hybridized carbons (Fsp3) is 0.125. The molecule has 2 aromatic rings. The molecule has 1 heterocycles. The van der Waals surface area contributed by atoms with Crippen LogP contribution < -0.4 is 4.74 Å². The minimum atomic E-state index is -0.757. The van der Waals surface area contributed by atoms with Gasteiger partial charge in [0.2, 0.25) is 0 Å². The first-order chi connectivity index (χ1) is 6.79. The Morgan fingerprint density at radius 2 is 2.14 bits per heavy atom. The molecule has 0 spiro atoms. The van der Waals surface area contributed by atoms with Gasteiger partial charge in [0.05, 0.1) is 7.11 Å². The van der Waals surface area contributed by atoms with E-state index >= 15 is 0 Å². The van der Waals surface area contributed by atoms with Crippen molar-refractivity contribution in [2.75, 3.05) is 7.11 Å². The minimum absolute atomic E-state index is 0.373. The van der Waals surface area contributed by atoms with Gasteiger partial charge in [-0.1, -0.05) is 0 Å². The number of hydrogen-bond acceptors (Lipinski definition) is 5. The Morgan fingerprint density at radius 3 is 2.93 bits per heavy atom. The highest BCUT2D eigenvalue weighted by Crippen LogP contribution is 2.17. The summed E-state index contributed by atoms with van der Waals surface area (Å²) < 4.78 is 9.14. The molecular weight excluding hydrogens is 186 g/mol. The van der Waals surface area contributed by atoms with E-state index in [9.17, 15) is 4.79 Å². The molecule has 0 bridgehead atoms. The monoisotopic (exact) mass is 193 g/mol. The predicted octanol–water partition coefficient (Wildman–Crippen LogP) is 1.10. The van der Waals surface area contributed by atoms with Crippen LogP contribution in [-0.2, 0) is 4.74 Å². The number of ether oxygens (including phenoxy) is 2. The first-order valence-electron chi connectivity index (χ1n) is 3.86. The third-order valence-corrected chi connectivity index (χ3v) is 1.66. The van der Waals surface area contributed by atoms with Crippen LogP contribution in [0.1, 0.15) is 0 Å². The van der Waals surface area contributed by atoms with E-state index in [0.29, 0.717) is 16.8 Å². The number of hydrogen-bond donors (Lipinski definition) is 1. The number of rotatable bonds is 1. The number of fused-ring (bicyclic) bond motifs is 1. The number of carbonyl (C=O) groups is 1. The molecule has 2 rings (SSSR count). The maximum Gasteiger partial charge on any atom is 0.513 e. The topological polar surface area (TPSA) is 77.1 Å². The molecule has 14 heavy (non-hydrogen) atoms. The molecule has 0 aliphatic rings. The molecule has 6 heteroatoms. The van der Waals surface area contributed by atoms with Gasteiger partial charge in [0.25, 0.3) is 0 Å². The summed E-state index contributed by atoms with van der Waals surface area (Å²) in [6, 6.07) is 4.90. The van der Waals surface area contributed by atoms with E-state index in [0.717, 1.165) is 0 Å². The lowest BCUT2D eigenvalue weighted by atomic mass is 10.3. The van der Waals surface area contributed by atoms with Gasteiger partial charge >= 0.3 is 6.16 Å². The lowest BCUT2D eigenvalue weighted by molar-refractivity contribution is 0.121. The summed E-state index contributed by atoms with van der Waals surface area (Å²) in [4.78, 5) is 10.8. The van der Waals surface area contributed by atoms with Crippen LogP contribution in [0.15, 0.2) is 18.2 Å². The van der Waals surface area contributed by atoms with Crippen molar-refractivity contribution in [3.63, 3.8) is 0 Å². The van der Waals surface area contributed by atoms with Crippen molar-refractivity contribution in [3.05, 3.63) is 18.2 Å². The summed E-state index contributed by atoms with van der Waals surface area (Å²) in [6.45, 7) is 0. The fourth-order valence-corrected chi connectivity index (χ4v) is 1.02. The number of nitrogens with zero attached hydrogens (tertiary/aromatic N) is 2. The molecular formula is C8H7N3O3. The second kappa shape index (κ2) is 3.33. The van der Waals surface area contributed by atoms with Crippen LogP contribution >= 0.6 is 0 Å². The Morgan fingerprint density at radius 1 is 1.36 bits per heavy atom. The Bertz CT molecular complexity index is 466. The van der Waals surface area contributed by atoms with Gasteiger partial charge in [-0.15, -0.1) is 0 Å². The number of aromatic nitrogens is 3. The van der Waals surface area contributed by atoms with Gasteiger partial charge < -0.3 is 9.47 Å². The summed E-state index contributed by atoms with van der Waals surface area (Å²) in [7, 11) is 1.25. The third kappa shape index (κ3) is 1.49. The average molecular weight is 193 g/mol. The largest absolute Gasteiger partial charge is 0.513 e. The molecule has 0 saturated heterocycles. The van der Waals surface area contributed by atoms with E-state index in [2.05, 4.69) is 20.1 Å². The summed E-state index contributed by atoms with van der Waals surface area (Å²) in [5.74, 6) is 0.373. The van der Waals surface area contributed by atoms with Gasteiger partial charge in [-0.3, -0.25) is 0 Å². The zero-order valence-electron chi connectivity index (χ0n) is 7.35. The standard InChI is InChI=1S/C8H7N3O3/c1-13-8(12)14-5-2-3-6-7(4-5)10-11-9-6/h2-4H,1H3,(H,9,10,11). The molecule has 0 aliphatic carbocycles. The van der Waals surface area contributed by atoms with Crippen molar-refractivity contribution >= 4 is 17.2 Å². The second-order valence-electron chi connectivity index (χ2n) is 2.53. The Labute approximate surface area is 78.8 Å². The van der Waals surface area contributed by atoms with Crippen LogP contribution in [0.4, 0.5) is 4.79 Å². The summed E-state index contributed by atoms with van der Waals surface area (Å²) in [6.07, 6.45) is -0.757. The molecule has 1 N–H and O–H groups in total. The maximum atomic E-state index is 10.8. The zero-order valence-corrected chi connectivity index (χ0v) is 7.35. The average Bonchev–Trinajstić information content (AvgIpc) is 2.64. The van der Waals surface area contributed by atoms with Gasteiger partial charge in [-0.2, -0.15) is 15.4 Å². The smallest absolute Gasteiger partial charge is 0.437 e. The molecule has 0 amide bonds. The number of aromatic amines is 1. The van der Waals surface area contributed by atoms with E-state index in [1.54, 1.807) is 18.2 Å². The van der Waals surface area contributed by atoms with Crippen LogP contribution in [0.3, 0.4) is 0 Å². The van der Waals surface area contributed by atoms with Gasteiger partial charge in [0.15, 0.2) is 0 Å². The SMILES string of the molecule is COC(=O)Oc1ccc2n[nH]nc2c1. The number of benzene rings is 1. The first-order valence-corrected chi connectivity index (χ1v) is 3.86. The molecule has 1 aromatic heterocycles. The van der Waals surface area contributed by atoms with Crippen LogP contribution in [0.25, 0.3) is 11.0 Å². The maximum absolute atomic E-state index is 10.8. The summed E-state index contributed by atoms with van der Waals surface area (Å²) >= 11 is 0. The Kier molecular flexibility index (Phi) is 2.02. The second-order valence-corrected chi connectivity index (χ2v) is 2.53. The Balaban J connectivity index is 2.30. The molecule has 0 atom stereocenters. The number of methoxy groups -OCH3 is 1. The van der Waals surface area contributed by atoms with Gasteiger partial charge in [0.1, 0.15) is 16.8 Å². The van der Waals surface area contributed by atoms with Gasteiger partial charge in [-0.25, -0.2) is 4.79 Å². The highest BCUT2D eigenvalue weighted by Gasteiger charge is 2.05. The molecule has 0 aliphatic heterocycles. The number of H-pyrrole nitrogens is 1. The molecule has 0 saturated carbocycles. The van der Waals surface area contributed by atoms with E-state index in [1.807, 2.05) is 0 Å².